The molecule has 0 aliphatic rings. The zero-order valence-corrected chi connectivity index (χ0v) is 11.3. The second-order valence-corrected chi connectivity index (χ2v) is 4.50. The van der Waals surface area contributed by atoms with E-state index in [1.54, 1.807) is 29.0 Å². The number of aromatic nitrogens is 2. The summed E-state index contributed by atoms with van der Waals surface area (Å²) in [4.78, 5) is 15.7. The van der Waals surface area contributed by atoms with E-state index in [1.165, 1.54) is 6.20 Å². The molecule has 0 saturated heterocycles. The van der Waals surface area contributed by atoms with Crippen LogP contribution in [0.25, 0.3) is 0 Å². The molecule has 102 valence electrons. The zero-order valence-electron chi connectivity index (χ0n) is 10.5. The molecule has 0 aliphatic heterocycles. The molecule has 3 N–H and O–H groups in total. The number of halogens is 1. The quantitative estimate of drug-likeness (QED) is 0.842. The zero-order chi connectivity index (χ0) is 14.5. The van der Waals surface area contributed by atoms with Crippen molar-refractivity contribution >= 4 is 28.9 Å². The third kappa shape index (κ3) is 3.28. The second-order valence-electron chi connectivity index (χ2n) is 4.09. The minimum Gasteiger partial charge on any atom is -0.399 e. The maximum Gasteiger partial charge on any atom is 0.226 e. The highest BCUT2D eigenvalue weighted by atomic mass is 35.5. The van der Waals surface area contributed by atoms with E-state index >= 15 is 0 Å². The molecule has 0 fully saturated rings. The van der Waals surface area contributed by atoms with Gasteiger partial charge in [0.2, 0.25) is 11.7 Å². The van der Waals surface area contributed by atoms with Crippen molar-refractivity contribution in [3.8, 4) is 6.07 Å². The van der Waals surface area contributed by atoms with E-state index in [1.807, 2.05) is 6.07 Å². The van der Waals surface area contributed by atoms with Gasteiger partial charge >= 0.3 is 0 Å². The summed E-state index contributed by atoms with van der Waals surface area (Å²) < 4.78 is 1.62. The summed E-state index contributed by atoms with van der Waals surface area (Å²) in [6.07, 6.45) is 3.39. The van der Waals surface area contributed by atoms with Crippen molar-refractivity contribution in [2.45, 2.75) is 13.0 Å². The lowest BCUT2D eigenvalue weighted by atomic mass is 10.2. The highest BCUT2D eigenvalue weighted by Crippen LogP contribution is 2.24. The second kappa shape index (κ2) is 6.08. The summed E-state index contributed by atoms with van der Waals surface area (Å²) >= 11 is 5.97. The van der Waals surface area contributed by atoms with E-state index in [4.69, 9.17) is 22.6 Å². The molecule has 0 radical (unpaired) electrons. The van der Waals surface area contributed by atoms with Crippen LogP contribution in [0.1, 0.15) is 12.2 Å². The number of nitrogens with two attached hydrogens (primary N) is 1. The Balaban J connectivity index is 1.95. The molecule has 1 aromatic heterocycles. The number of nitrogen functional groups attached to an aromatic ring is 1. The van der Waals surface area contributed by atoms with Crippen molar-refractivity contribution < 1.29 is 4.79 Å². The average molecular weight is 290 g/mol. The number of carbonyl (C=O) groups excluding carboxylic acids is 1. The Hall–Kier alpha value is -2.52. The van der Waals surface area contributed by atoms with E-state index in [9.17, 15) is 4.79 Å². The lowest BCUT2D eigenvalue weighted by molar-refractivity contribution is -0.116. The molecule has 2 aromatic rings. The maximum absolute atomic E-state index is 11.8. The normalized spacial score (nSPS) is 10.0. The lowest BCUT2D eigenvalue weighted by Crippen LogP contribution is -2.15. The van der Waals surface area contributed by atoms with Gasteiger partial charge in [0.1, 0.15) is 6.07 Å². The van der Waals surface area contributed by atoms with Crippen LogP contribution in [0.15, 0.2) is 30.6 Å². The lowest BCUT2D eigenvalue weighted by Gasteiger charge is -2.08. The van der Waals surface area contributed by atoms with Gasteiger partial charge in [-0.1, -0.05) is 11.6 Å². The molecule has 1 amide bonds. The number of imidazole rings is 1. The first-order valence-electron chi connectivity index (χ1n) is 5.86. The molecule has 7 heteroatoms. The van der Waals surface area contributed by atoms with Crippen LogP contribution in [0.5, 0.6) is 0 Å². The number of benzene rings is 1. The summed E-state index contributed by atoms with van der Waals surface area (Å²) in [5.74, 6) is 0.0811. The molecular weight excluding hydrogens is 278 g/mol. The fourth-order valence-electron chi connectivity index (χ4n) is 1.67. The van der Waals surface area contributed by atoms with E-state index in [2.05, 4.69) is 10.3 Å². The monoisotopic (exact) mass is 289 g/mol. The van der Waals surface area contributed by atoms with E-state index in [0.717, 1.165) is 0 Å². The summed E-state index contributed by atoms with van der Waals surface area (Å²) in [6, 6.07) is 6.82. The highest BCUT2D eigenvalue weighted by Gasteiger charge is 2.08. The van der Waals surface area contributed by atoms with Gasteiger partial charge in [0, 0.05) is 31.0 Å². The summed E-state index contributed by atoms with van der Waals surface area (Å²) in [7, 11) is 0. The Morgan fingerprint density at radius 3 is 3.05 bits per heavy atom. The van der Waals surface area contributed by atoms with E-state index < -0.39 is 0 Å². The third-order valence-electron chi connectivity index (χ3n) is 2.66. The number of aryl methyl sites for hydroxylation is 1. The predicted molar refractivity (Wildman–Crippen MR) is 76.1 cm³/mol. The number of anilines is 2. The minimum absolute atomic E-state index is 0.200. The average Bonchev–Trinajstić information content (AvgIpc) is 2.87. The molecule has 2 rings (SSSR count). The smallest absolute Gasteiger partial charge is 0.226 e. The van der Waals surface area contributed by atoms with Crippen LogP contribution in [0.2, 0.25) is 5.02 Å². The van der Waals surface area contributed by atoms with E-state index in [0.29, 0.717) is 22.9 Å². The number of nitrogens with zero attached hydrogens (tertiary/aromatic N) is 3. The predicted octanol–water partition coefficient (Wildman–Crippen LogP) is 2.02. The molecule has 1 heterocycles. The first kappa shape index (κ1) is 13.9. The van der Waals surface area contributed by atoms with Crippen LogP contribution >= 0.6 is 11.6 Å². The SMILES string of the molecule is N#Cc1nccn1CCC(=O)Nc1ccc(N)cc1Cl. The van der Waals surface area contributed by atoms with Crippen molar-refractivity contribution in [3.63, 3.8) is 0 Å². The van der Waals surface area contributed by atoms with Crippen molar-refractivity contribution in [2.24, 2.45) is 0 Å². The van der Waals surface area contributed by atoms with Crippen LogP contribution in [-0.2, 0) is 11.3 Å². The highest BCUT2D eigenvalue weighted by molar-refractivity contribution is 6.34. The first-order valence-corrected chi connectivity index (χ1v) is 6.24. The van der Waals surface area contributed by atoms with Crippen LogP contribution in [-0.4, -0.2) is 15.5 Å². The number of hydrogen-bond donors (Lipinski definition) is 2. The Morgan fingerprint density at radius 1 is 1.55 bits per heavy atom. The van der Waals surface area contributed by atoms with Gasteiger partial charge in [0.15, 0.2) is 0 Å². The van der Waals surface area contributed by atoms with Crippen molar-refractivity contribution in [1.82, 2.24) is 9.55 Å². The first-order chi connectivity index (χ1) is 9.60. The minimum atomic E-state index is -0.200. The number of hydrogen-bond acceptors (Lipinski definition) is 4. The molecule has 0 saturated carbocycles. The molecule has 0 spiro atoms. The van der Waals surface area contributed by atoms with Crippen molar-refractivity contribution in [3.05, 3.63) is 41.4 Å². The maximum atomic E-state index is 11.8. The van der Waals surface area contributed by atoms with Gasteiger partial charge in [-0.3, -0.25) is 4.79 Å². The molecule has 0 atom stereocenters. The molecule has 0 unspecified atom stereocenters. The number of amides is 1. The summed E-state index contributed by atoms with van der Waals surface area (Å²) in [5, 5.41) is 11.9. The molecule has 0 aliphatic carbocycles. The molecule has 6 nitrogen and oxygen atoms in total. The number of rotatable bonds is 4. The number of carbonyl (C=O) groups is 1. The van der Waals surface area contributed by atoms with Crippen LogP contribution in [0, 0.1) is 11.3 Å². The van der Waals surface area contributed by atoms with Gasteiger partial charge in [-0.15, -0.1) is 0 Å². The van der Waals surface area contributed by atoms with Crippen molar-refractivity contribution in [1.29, 1.82) is 5.26 Å². The Labute approximate surface area is 120 Å². The van der Waals surface area contributed by atoms with Crippen LogP contribution in [0.4, 0.5) is 11.4 Å². The molecule has 1 aromatic carbocycles. The van der Waals surface area contributed by atoms with Crippen LogP contribution < -0.4 is 11.1 Å². The largest absolute Gasteiger partial charge is 0.399 e. The fourth-order valence-corrected chi connectivity index (χ4v) is 1.91. The van der Waals surface area contributed by atoms with Crippen molar-refractivity contribution in [2.75, 3.05) is 11.1 Å². The van der Waals surface area contributed by atoms with Gasteiger partial charge in [-0.2, -0.15) is 5.26 Å². The Morgan fingerprint density at radius 2 is 2.35 bits per heavy atom. The van der Waals surface area contributed by atoms with E-state index in [-0.39, 0.29) is 18.2 Å². The fraction of sp³-hybridized carbons (Fsp3) is 0.154. The molecule has 20 heavy (non-hydrogen) atoms. The summed E-state index contributed by atoms with van der Waals surface area (Å²) in [6.45, 7) is 0.376. The number of nitrogens with one attached hydrogen (secondary N) is 1. The Kier molecular flexibility index (Phi) is 4.23. The summed E-state index contributed by atoms with van der Waals surface area (Å²) in [5.41, 5.74) is 6.62. The van der Waals surface area contributed by atoms with Gasteiger partial charge < -0.3 is 15.6 Å². The van der Waals surface area contributed by atoms with Gasteiger partial charge in [0.05, 0.1) is 10.7 Å². The van der Waals surface area contributed by atoms with Gasteiger partial charge in [0.25, 0.3) is 0 Å². The molecular formula is C13H12ClN5O. The number of nitriles is 1. The Bertz CT molecular complexity index is 674. The van der Waals surface area contributed by atoms with Gasteiger partial charge in [-0.05, 0) is 18.2 Å². The molecule has 0 bridgehead atoms. The van der Waals surface area contributed by atoms with Gasteiger partial charge in [-0.25, -0.2) is 4.98 Å². The third-order valence-corrected chi connectivity index (χ3v) is 2.98. The van der Waals surface area contributed by atoms with Crippen LogP contribution in [0.3, 0.4) is 0 Å². The standard InChI is InChI=1S/C13H12ClN5O/c14-10-7-9(16)1-2-11(10)18-13(20)3-5-19-6-4-17-12(19)8-15/h1-2,4,6-7H,3,5,16H2,(H,18,20). The topological polar surface area (TPSA) is 96.7 Å².